The number of nitrogens with one attached hydrogen (secondary N) is 2. The molecular weight excluding hydrogens is 368 g/mol. The molecule has 0 bridgehead atoms. The van der Waals surface area contributed by atoms with Gasteiger partial charge >= 0.3 is 0 Å². The summed E-state index contributed by atoms with van der Waals surface area (Å²) in [5.41, 5.74) is 2.17. The van der Waals surface area contributed by atoms with Crippen molar-refractivity contribution in [1.29, 1.82) is 0 Å². The molecule has 0 fully saturated rings. The van der Waals surface area contributed by atoms with Gasteiger partial charge in [0.15, 0.2) is 0 Å². The number of hydrogen-bond acceptors (Lipinski definition) is 6. The van der Waals surface area contributed by atoms with Gasteiger partial charge in [-0.3, -0.25) is 19.6 Å². The van der Waals surface area contributed by atoms with Crippen LogP contribution in [0.15, 0.2) is 82.6 Å². The van der Waals surface area contributed by atoms with Crippen LogP contribution in [0.3, 0.4) is 0 Å². The second-order valence-electron chi connectivity index (χ2n) is 6.42. The first-order valence-electron chi connectivity index (χ1n) is 8.77. The molecule has 142 valence electrons. The highest BCUT2D eigenvalue weighted by Crippen LogP contribution is 2.30. The molecule has 0 spiro atoms. The molecule has 0 saturated heterocycles. The van der Waals surface area contributed by atoms with E-state index in [1.54, 1.807) is 12.4 Å². The minimum atomic E-state index is -0.552. The smallest absolute Gasteiger partial charge is 0.253 e. The third-order valence-corrected chi connectivity index (χ3v) is 4.70. The van der Waals surface area contributed by atoms with Gasteiger partial charge in [0.05, 0.1) is 22.4 Å². The Labute approximate surface area is 164 Å². The third-order valence-electron chi connectivity index (χ3n) is 4.70. The van der Waals surface area contributed by atoms with E-state index in [4.69, 9.17) is 0 Å². The zero-order valence-electron chi connectivity index (χ0n) is 15.1. The van der Waals surface area contributed by atoms with Crippen molar-refractivity contribution < 1.29 is 5.48 Å². The maximum atomic E-state index is 12.2. The zero-order valence-corrected chi connectivity index (χ0v) is 15.1. The van der Waals surface area contributed by atoms with E-state index in [1.165, 1.54) is 0 Å². The molecule has 0 aliphatic carbocycles. The predicted molar refractivity (Wildman–Crippen MR) is 115 cm³/mol. The molecule has 0 saturated carbocycles. The number of benzene rings is 2. The Morgan fingerprint density at radius 2 is 1.00 bits per heavy atom. The van der Waals surface area contributed by atoms with E-state index in [-0.39, 0.29) is 16.9 Å². The molecule has 0 radical (unpaired) electrons. The van der Waals surface area contributed by atoms with E-state index in [9.17, 15) is 9.59 Å². The Bertz CT molecular complexity index is 1300. The fraction of sp³-hybridized carbons (Fsp3) is 0. The van der Waals surface area contributed by atoms with Crippen LogP contribution in [-0.4, -0.2) is 15.4 Å². The highest BCUT2D eigenvalue weighted by atomic mass is 16.2. The van der Waals surface area contributed by atoms with Crippen LogP contribution in [0.1, 0.15) is 0 Å². The highest BCUT2D eigenvalue weighted by Gasteiger charge is 2.22. The summed E-state index contributed by atoms with van der Waals surface area (Å²) in [6.45, 7) is 0. The lowest BCUT2D eigenvalue weighted by Gasteiger charge is -2.16. The monoisotopic (exact) mass is 384 g/mol. The summed E-state index contributed by atoms with van der Waals surface area (Å²) < 4.78 is 0. The summed E-state index contributed by atoms with van der Waals surface area (Å²) in [7, 11) is 0. The largest absolute Gasteiger partial charge is 0.412 e. The number of fused-ring (bicyclic) bond motifs is 2. The Morgan fingerprint density at radius 1 is 0.586 bits per heavy atom. The van der Waals surface area contributed by atoms with Crippen molar-refractivity contribution in [3.05, 3.63) is 93.5 Å². The summed E-state index contributed by atoms with van der Waals surface area (Å²) in [6.07, 6.45) is 3.38. The van der Waals surface area contributed by atoms with Gasteiger partial charge in [-0.2, -0.15) is 0 Å². The van der Waals surface area contributed by atoms with E-state index in [0.29, 0.717) is 11.4 Å². The minimum absolute atomic E-state index is 0. The molecule has 0 atom stereocenters. The second kappa shape index (κ2) is 7.14. The molecule has 0 unspecified atom stereocenters. The van der Waals surface area contributed by atoms with Crippen LogP contribution in [0.4, 0.5) is 22.7 Å². The SMILES string of the molecule is O.O=c1c(Nc2cccc3cccnc23)c(Nc2cccc3cccnc23)c1=O. The number of pyridine rings is 2. The van der Waals surface area contributed by atoms with Crippen molar-refractivity contribution in [1.82, 2.24) is 9.97 Å². The lowest BCUT2D eigenvalue weighted by atomic mass is 10.1. The lowest BCUT2D eigenvalue weighted by Crippen LogP contribution is -2.35. The molecule has 5 rings (SSSR count). The van der Waals surface area contributed by atoms with Gasteiger partial charge in [0.25, 0.3) is 10.9 Å². The van der Waals surface area contributed by atoms with E-state index in [1.807, 2.05) is 60.7 Å². The van der Waals surface area contributed by atoms with E-state index in [0.717, 1.165) is 21.8 Å². The molecule has 7 nitrogen and oxygen atoms in total. The predicted octanol–water partition coefficient (Wildman–Crippen LogP) is 3.04. The number of hydrogen-bond donors (Lipinski definition) is 2. The molecule has 0 aliphatic rings. The fourth-order valence-electron chi connectivity index (χ4n) is 3.31. The number of rotatable bonds is 4. The molecule has 2 heterocycles. The second-order valence-corrected chi connectivity index (χ2v) is 6.42. The Hall–Kier alpha value is -4.10. The number of anilines is 4. The minimum Gasteiger partial charge on any atom is -0.412 e. The van der Waals surface area contributed by atoms with Crippen LogP contribution in [0, 0.1) is 0 Å². The van der Waals surface area contributed by atoms with Crippen LogP contribution in [0.5, 0.6) is 0 Å². The van der Waals surface area contributed by atoms with Crippen LogP contribution in [0.2, 0.25) is 0 Å². The zero-order chi connectivity index (χ0) is 19.1. The van der Waals surface area contributed by atoms with E-state index >= 15 is 0 Å². The van der Waals surface area contributed by atoms with Crippen LogP contribution in [0.25, 0.3) is 21.8 Å². The first kappa shape index (κ1) is 18.3. The number of nitrogens with zero attached hydrogens (tertiary/aromatic N) is 2. The van der Waals surface area contributed by atoms with Crippen LogP contribution >= 0.6 is 0 Å². The molecule has 7 heteroatoms. The maximum absolute atomic E-state index is 12.2. The van der Waals surface area contributed by atoms with Crippen molar-refractivity contribution in [2.24, 2.45) is 0 Å². The lowest BCUT2D eigenvalue weighted by molar-refractivity contribution is 0.824. The highest BCUT2D eigenvalue weighted by molar-refractivity contribution is 5.97. The normalized spacial score (nSPS) is 10.8. The first-order valence-corrected chi connectivity index (χ1v) is 8.77. The molecule has 29 heavy (non-hydrogen) atoms. The van der Waals surface area contributed by atoms with Crippen LogP contribution < -0.4 is 21.5 Å². The summed E-state index contributed by atoms with van der Waals surface area (Å²) in [5.74, 6) is 0. The van der Waals surface area contributed by atoms with Crippen molar-refractivity contribution in [3.8, 4) is 0 Å². The quantitative estimate of drug-likeness (QED) is 0.460. The Kier molecular flexibility index (Phi) is 4.50. The third kappa shape index (κ3) is 2.99. The van der Waals surface area contributed by atoms with Crippen molar-refractivity contribution in [2.75, 3.05) is 10.6 Å². The van der Waals surface area contributed by atoms with E-state index in [2.05, 4.69) is 20.6 Å². The van der Waals surface area contributed by atoms with Gasteiger partial charge in [0.2, 0.25) is 0 Å². The van der Waals surface area contributed by atoms with Gasteiger partial charge in [-0.1, -0.05) is 36.4 Å². The molecule has 3 aromatic carbocycles. The number of para-hydroxylation sites is 2. The summed E-state index contributed by atoms with van der Waals surface area (Å²) in [5, 5.41) is 8.05. The summed E-state index contributed by atoms with van der Waals surface area (Å²) in [4.78, 5) is 33.2. The molecular formula is C22H16N4O3. The topological polar surface area (TPSA) is 115 Å². The average Bonchev–Trinajstić information content (AvgIpc) is 2.76. The molecule has 5 aromatic rings. The van der Waals surface area contributed by atoms with Gasteiger partial charge in [-0.05, 0) is 24.3 Å². The van der Waals surface area contributed by atoms with Crippen LogP contribution in [-0.2, 0) is 0 Å². The Morgan fingerprint density at radius 3 is 1.45 bits per heavy atom. The standard InChI is InChI=1S/C22H14N4O2.H2O/c27-21-19(25-15-9-1-5-13-7-3-11-23-17(13)15)20(22(21)28)26-16-10-2-6-14-8-4-12-24-18(14)16;/h1-12,25-26H;1H2. The average molecular weight is 384 g/mol. The van der Waals surface area contributed by atoms with Gasteiger partial charge in [-0.25, -0.2) is 0 Å². The van der Waals surface area contributed by atoms with Gasteiger partial charge in [-0.15, -0.1) is 0 Å². The van der Waals surface area contributed by atoms with Crippen molar-refractivity contribution in [3.63, 3.8) is 0 Å². The molecule has 4 N–H and O–H groups in total. The van der Waals surface area contributed by atoms with Crippen molar-refractivity contribution in [2.45, 2.75) is 0 Å². The summed E-state index contributed by atoms with van der Waals surface area (Å²) in [6, 6.07) is 18.9. The number of aromatic nitrogens is 2. The summed E-state index contributed by atoms with van der Waals surface area (Å²) >= 11 is 0. The Balaban J connectivity index is 0.00000205. The fourth-order valence-corrected chi connectivity index (χ4v) is 3.31. The van der Waals surface area contributed by atoms with Crippen molar-refractivity contribution >= 4 is 44.6 Å². The maximum Gasteiger partial charge on any atom is 0.253 e. The molecule has 0 amide bonds. The molecule has 2 aromatic heterocycles. The van der Waals surface area contributed by atoms with E-state index < -0.39 is 10.9 Å². The first-order chi connectivity index (χ1) is 13.7. The molecule has 0 aliphatic heterocycles. The van der Waals surface area contributed by atoms with Gasteiger partial charge in [0.1, 0.15) is 11.4 Å². The van der Waals surface area contributed by atoms with Gasteiger partial charge < -0.3 is 16.1 Å². The van der Waals surface area contributed by atoms with Gasteiger partial charge in [0, 0.05) is 23.2 Å².